The molecule has 1 aliphatic carbocycles. The van der Waals surface area contributed by atoms with Crippen LogP contribution in [0, 0.1) is 11.7 Å². The molecule has 0 unspecified atom stereocenters. The van der Waals surface area contributed by atoms with Gasteiger partial charge in [-0.3, -0.25) is 4.79 Å². The van der Waals surface area contributed by atoms with E-state index < -0.39 is 0 Å². The second-order valence-electron chi connectivity index (χ2n) is 9.18. The first-order valence-corrected chi connectivity index (χ1v) is 13.3. The average Bonchev–Trinajstić information content (AvgIpc) is 3.55. The number of rotatable bonds is 8. The third-order valence-corrected chi connectivity index (χ3v) is 7.73. The third kappa shape index (κ3) is 5.99. The highest BCUT2D eigenvalue weighted by atomic mass is 35.5. The van der Waals surface area contributed by atoms with Crippen molar-refractivity contribution in [3.05, 3.63) is 81.3 Å². The molecule has 2 heterocycles. The number of fused-ring (bicyclic) bond motifs is 1. The number of ether oxygens (including phenoxy) is 1. The number of amides is 3. The van der Waals surface area contributed by atoms with Gasteiger partial charge in [-0.25, -0.2) is 9.18 Å². The lowest BCUT2D eigenvalue weighted by Gasteiger charge is -2.37. The largest absolute Gasteiger partial charge is 0.491 e. The Bertz CT molecular complexity index is 1230. The summed E-state index contributed by atoms with van der Waals surface area (Å²) in [4.78, 5) is 31.4. The molecule has 1 atom stereocenters. The predicted octanol–water partition coefficient (Wildman–Crippen LogP) is 5.99. The molecule has 5 rings (SSSR count). The van der Waals surface area contributed by atoms with Crippen molar-refractivity contribution in [1.29, 1.82) is 0 Å². The number of urea groups is 1. The Morgan fingerprint density at radius 1 is 1.17 bits per heavy atom. The van der Waals surface area contributed by atoms with Gasteiger partial charge in [0, 0.05) is 28.7 Å². The summed E-state index contributed by atoms with van der Waals surface area (Å²) >= 11 is 7.74. The van der Waals surface area contributed by atoms with E-state index in [4.69, 9.17) is 16.3 Å². The molecule has 0 spiro atoms. The standard InChI is InChI=1S/C27H27ClFN3O3S/c28-19-2-1-3-21(14-19)30-27(34)31(15-18-4-5-18)16-26(33)32-12-10-25-23(11-13-36-25)24(32)17-35-22-8-6-20(29)7-9-22/h1-3,6-9,11,13-14,18,24H,4-5,10,12,15-17H2,(H,30,34)/t24-/m0/s1. The minimum absolute atomic E-state index is 0.0184. The smallest absolute Gasteiger partial charge is 0.322 e. The molecule has 0 radical (unpaired) electrons. The minimum atomic E-state index is -0.330. The summed E-state index contributed by atoms with van der Waals surface area (Å²) in [6.07, 6.45) is 2.89. The van der Waals surface area contributed by atoms with Crippen LogP contribution in [0.5, 0.6) is 5.75 Å². The van der Waals surface area contributed by atoms with Crippen molar-refractivity contribution < 1.29 is 18.7 Å². The van der Waals surface area contributed by atoms with E-state index in [1.165, 1.54) is 17.0 Å². The lowest BCUT2D eigenvalue weighted by Crippen LogP contribution is -2.49. The van der Waals surface area contributed by atoms with E-state index in [1.807, 2.05) is 16.3 Å². The van der Waals surface area contributed by atoms with E-state index >= 15 is 0 Å². The Labute approximate surface area is 218 Å². The Kier molecular flexibility index (Phi) is 7.43. The maximum atomic E-state index is 13.6. The fourth-order valence-corrected chi connectivity index (χ4v) is 5.55. The maximum absolute atomic E-state index is 13.6. The normalized spacial score (nSPS) is 16.8. The topological polar surface area (TPSA) is 61.9 Å². The van der Waals surface area contributed by atoms with Gasteiger partial charge < -0.3 is 19.9 Å². The van der Waals surface area contributed by atoms with Crippen LogP contribution in [0.15, 0.2) is 60.0 Å². The van der Waals surface area contributed by atoms with E-state index in [0.29, 0.717) is 35.5 Å². The molecule has 3 amide bonds. The van der Waals surface area contributed by atoms with Crippen LogP contribution in [0.3, 0.4) is 0 Å². The van der Waals surface area contributed by atoms with E-state index in [0.717, 1.165) is 24.8 Å². The maximum Gasteiger partial charge on any atom is 0.322 e. The van der Waals surface area contributed by atoms with Crippen LogP contribution in [-0.4, -0.2) is 48.0 Å². The van der Waals surface area contributed by atoms with Crippen molar-refractivity contribution in [3.8, 4) is 5.75 Å². The molecular formula is C27H27ClFN3O3S. The van der Waals surface area contributed by atoms with Gasteiger partial charge >= 0.3 is 6.03 Å². The molecule has 6 nitrogen and oxygen atoms in total. The van der Waals surface area contributed by atoms with E-state index in [-0.39, 0.29) is 36.9 Å². The van der Waals surface area contributed by atoms with Crippen molar-refractivity contribution in [2.75, 3.05) is 31.6 Å². The van der Waals surface area contributed by atoms with Gasteiger partial charge in [0.2, 0.25) is 5.91 Å². The predicted molar refractivity (Wildman–Crippen MR) is 139 cm³/mol. The zero-order chi connectivity index (χ0) is 25.1. The summed E-state index contributed by atoms with van der Waals surface area (Å²) in [5.74, 6) is 0.512. The molecule has 1 N–H and O–H groups in total. The molecule has 1 aromatic heterocycles. The third-order valence-electron chi connectivity index (χ3n) is 6.50. The Balaban J connectivity index is 1.30. The van der Waals surface area contributed by atoms with Crippen LogP contribution < -0.4 is 10.1 Å². The number of nitrogens with zero attached hydrogens (tertiary/aromatic N) is 2. The van der Waals surface area contributed by atoms with Gasteiger partial charge in [-0.2, -0.15) is 0 Å². The van der Waals surface area contributed by atoms with E-state index in [1.54, 1.807) is 52.6 Å². The van der Waals surface area contributed by atoms with Gasteiger partial charge in [-0.15, -0.1) is 11.3 Å². The number of thiophene rings is 1. The molecule has 1 saturated carbocycles. The molecular weight excluding hydrogens is 501 g/mol. The number of carbonyl (C=O) groups excluding carboxylic acids is 2. The quantitative estimate of drug-likeness (QED) is 0.391. The van der Waals surface area contributed by atoms with E-state index in [2.05, 4.69) is 5.32 Å². The molecule has 1 aliphatic heterocycles. The minimum Gasteiger partial charge on any atom is -0.491 e. The highest BCUT2D eigenvalue weighted by Gasteiger charge is 2.35. The average molecular weight is 528 g/mol. The lowest BCUT2D eigenvalue weighted by molar-refractivity contribution is -0.135. The first kappa shape index (κ1) is 24.6. The summed E-state index contributed by atoms with van der Waals surface area (Å²) in [7, 11) is 0. The first-order valence-electron chi connectivity index (χ1n) is 12.0. The van der Waals surface area contributed by atoms with Gasteiger partial charge in [0.25, 0.3) is 0 Å². The van der Waals surface area contributed by atoms with E-state index in [9.17, 15) is 14.0 Å². The number of benzene rings is 2. The molecule has 0 saturated heterocycles. The van der Waals surface area contributed by atoms with Gasteiger partial charge in [0.05, 0.1) is 6.04 Å². The fraction of sp³-hybridized carbons (Fsp3) is 0.333. The van der Waals surface area contributed by atoms with Crippen LogP contribution in [0.1, 0.15) is 29.3 Å². The fourth-order valence-electron chi connectivity index (χ4n) is 4.43. The number of nitrogens with one attached hydrogen (secondary N) is 1. The van der Waals surface area contributed by atoms with Crippen molar-refractivity contribution >= 4 is 40.6 Å². The zero-order valence-corrected chi connectivity index (χ0v) is 21.2. The summed E-state index contributed by atoms with van der Waals surface area (Å²) in [5.41, 5.74) is 1.66. The zero-order valence-electron chi connectivity index (χ0n) is 19.7. The van der Waals surface area contributed by atoms with Gasteiger partial charge in [-0.05, 0) is 84.7 Å². The molecule has 0 bridgehead atoms. The van der Waals surface area contributed by atoms with Gasteiger partial charge in [0.1, 0.15) is 24.7 Å². The Morgan fingerprint density at radius 3 is 2.72 bits per heavy atom. The number of hydrogen-bond donors (Lipinski definition) is 1. The highest BCUT2D eigenvalue weighted by Crippen LogP contribution is 2.35. The molecule has 9 heteroatoms. The van der Waals surface area contributed by atoms with Crippen LogP contribution in [0.25, 0.3) is 0 Å². The van der Waals surface area contributed by atoms with Crippen molar-refractivity contribution in [1.82, 2.24) is 9.80 Å². The van der Waals surface area contributed by atoms with Gasteiger partial charge in [0.15, 0.2) is 0 Å². The Hall–Kier alpha value is -3.10. The SMILES string of the molecule is O=C(Nc1cccc(Cl)c1)N(CC(=O)N1CCc2sccc2[C@@H]1COc1ccc(F)cc1)CC1CC1. The second-order valence-corrected chi connectivity index (χ2v) is 10.6. The summed E-state index contributed by atoms with van der Waals surface area (Å²) < 4.78 is 19.3. The molecule has 2 aromatic carbocycles. The molecule has 36 heavy (non-hydrogen) atoms. The monoisotopic (exact) mass is 527 g/mol. The molecule has 1 fully saturated rings. The van der Waals surface area contributed by atoms with Crippen molar-refractivity contribution in [2.45, 2.75) is 25.3 Å². The number of anilines is 1. The first-order chi connectivity index (χ1) is 17.5. The second kappa shape index (κ2) is 10.9. The summed E-state index contributed by atoms with van der Waals surface area (Å²) in [5, 5.41) is 5.43. The number of halogens is 2. The number of carbonyl (C=O) groups is 2. The molecule has 3 aromatic rings. The van der Waals surface area contributed by atoms with Crippen molar-refractivity contribution in [3.63, 3.8) is 0 Å². The summed E-state index contributed by atoms with van der Waals surface area (Å²) in [6, 6.07) is 14.3. The highest BCUT2D eigenvalue weighted by molar-refractivity contribution is 7.10. The van der Waals surface area contributed by atoms with Crippen LogP contribution in [0.4, 0.5) is 14.9 Å². The van der Waals surface area contributed by atoms with Gasteiger partial charge in [-0.1, -0.05) is 17.7 Å². The van der Waals surface area contributed by atoms with Crippen LogP contribution in [-0.2, 0) is 11.2 Å². The van der Waals surface area contributed by atoms with Crippen LogP contribution >= 0.6 is 22.9 Å². The molecule has 2 aliphatic rings. The summed E-state index contributed by atoms with van der Waals surface area (Å²) in [6.45, 7) is 1.32. The van der Waals surface area contributed by atoms with Crippen molar-refractivity contribution in [2.24, 2.45) is 5.92 Å². The number of hydrogen-bond acceptors (Lipinski definition) is 4. The van der Waals surface area contributed by atoms with Crippen LogP contribution in [0.2, 0.25) is 5.02 Å². The Morgan fingerprint density at radius 2 is 1.97 bits per heavy atom. The molecule has 188 valence electrons. The lowest BCUT2D eigenvalue weighted by atomic mass is 10.0.